The lowest BCUT2D eigenvalue weighted by Gasteiger charge is -2.46. The van der Waals surface area contributed by atoms with Gasteiger partial charge in [-0.3, -0.25) is 0 Å². The van der Waals surface area contributed by atoms with Crippen molar-refractivity contribution >= 4 is 30.3 Å². The van der Waals surface area contributed by atoms with Crippen molar-refractivity contribution in [1.29, 1.82) is 0 Å². The zero-order valence-corrected chi connectivity index (χ0v) is 34.9. The Hall–Kier alpha value is -3.81. The quantitative estimate of drug-likeness (QED) is 0.0739. The first-order valence-electron chi connectivity index (χ1n) is 19.8. The molecule has 0 aliphatic carbocycles. The van der Waals surface area contributed by atoms with E-state index in [2.05, 4.69) is 163 Å². The van der Waals surface area contributed by atoms with Gasteiger partial charge in [0.15, 0.2) is 0 Å². The fourth-order valence-electron chi connectivity index (χ4n) is 8.23. The fraction of sp³-hybridized carbons (Fsp3) is 0.347. The number of allylic oxidation sites excluding steroid dienone is 1. The van der Waals surface area contributed by atoms with Crippen LogP contribution in [0.4, 0.5) is 0 Å². The minimum Gasteiger partial charge on any atom is -0.403 e. The van der Waals surface area contributed by atoms with Crippen LogP contribution < -0.4 is 10.4 Å². The third-order valence-corrected chi connectivity index (χ3v) is 16.4. The van der Waals surface area contributed by atoms with Crippen molar-refractivity contribution in [3.63, 3.8) is 0 Å². The minimum absolute atomic E-state index is 0.0258. The van der Waals surface area contributed by atoms with Gasteiger partial charge in [-0.2, -0.15) is 0 Å². The van der Waals surface area contributed by atoms with Crippen LogP contribution in [-0.4, -0.2) is 26.6 Å². The Labute approximate surface area is 335 Å². The molecule has 0 radical (unpaired) electrons. The van der Waals surface area contributed by atoms with Crippen LogP contribution in [0.5, 0.6) is 0 Å². The molecule has 6 heteroatoms. The van der Waals surface area contributed by atoms with Crippen molar-refractivity contribution in [2.24, 2.45) is 5.92 Å². The Balaban J connectivity index is 1.43. The molecular weight excluding hydrogens is 716 g/mol. The van der Waals surface area contributed by atoms with E-state index in [1.54, 1.807) is 0 Å². The molecule has 5 aromatic carbocycles. The van der Waals surface area contributed by atoms with Gasteiger partial charge in [-0.15, -0.1) is 6.58 Å². The van der Waals surface area contributed by atoms with E-state index >= 15 is 0 Å². The maximum Gasteiger partial charge on any atom is 0.261 e. The first kappa shape index (κ1) is 40.8. The standard InChI is InChI=1S/C49H57ClO4Si/c1-7-9-26-39-32-44(50)40(35-53-55(49(4,5)6,41-27-18-12-19-28-41)42-29-20-13-21-30-42)31-43(39)47-48(52-34-38-24-16-11-17-25-38)46(36(3)45(8-2)54-47)51-33-37-22-14-10-15-23-37/h7,10-25,27-32,36,45-48H,1,8-9,26,33-35H2,2-6H3/t36-,45-,46+,47?,48-/m1/s1. The number of aryl methyl sites for hydroxylation is 1. The Morgan fingerprint density at radius 3 is 1.71 bits per heavy atom. The zero-order valence-electron chi connectivity index (χ0n) is 33.1. The van der Waals surface area contributed by atoms with E-state index in [0.29, 0.717) is 24.8 Å². The van der Waals surface area contributed by atoms with Gasteiger partial charge in [0.25, 0.3) is 8.32 Å². The van der Waals surface area contributed by atoms with Crippen LogP contribution in [-0.2, 0) is 44.9 Å². The minimum atomic E-state index is -2.84. The monoisotopic (exact) mass is 772 g/mol. The van der Waals surface area contributed by atoms with E-state index < -0.39 is 14.4 Å². The van der Waals surface area contributed by atoms with Gasteiger partial charge < -0.3 is 18.6 Å². The van der Waals surface area contributed by atoms with E-state index in [-0.39, 0.29) is 29.3 Å². The third kappa shape index (κ3) is 9.43. The molecule has 6 rings (SSSR count). The summed E-state index contributed by atoms with van der Waals surface area (Å²) in [5, 5.41) is 2.98. The number of ether oxygens (including phenoxy) is 3. The molecule has 0 saturated carbocycles. The molecule has 0 N–H and O–H groups in total. The molecule has 0 spiro atoms. The SMILES string of the molecule is C=CCCc1cc(Cl)c(CO[Si](c2ccccc2)(c2ccccc2)C(C)(C)C)cc1C1O[C@H](CC)[C@@H](C)[C@H](OCc2ccccc2)[C@H]1OCc1ccccc1. The highest BCUT2D eigenvalue weighted by Crippen LogP contribution is 2.43. The normalized spacial score (nSPS) is 20.3. The summed E-state index contributed by atoms with van der Waals surface area (Å²) in [6.45, 7) is 16.7. The van der Waals surface area contributed by atoms with E-state index in [9.17, 15) is 0 Å². The van der Waals surface area contributed by atoms with Crippen molar-refractivity contribution < 1.29 is 18.6 Å². The molecule has 0 aromatic heterocycles. The van der Waals surface area contributed by atoms with Gasteiger partial charge in [0.1, 0.15) is 12.2 Å². The van der Waals surface area contributed by atoms with E-state index in [0.717, 1.165) is 47.1 Å². The molecular formula is C49H57ClO4Si. The zero-order chi connectivity index (χ0) is 38.8. The predicted molar refractivity (Wildman–Crippen MR) is 229 cm³/mol. The Morgan fingerprint density at radius 1 is 0.709 bits per heavy atom. The van der Waals surface area contributed by atoms with Crippen LogP contribution in [0.25, 0.3) is 0 Å². The molecule has 4 nitrogen and oxygen atoms in total. The number of hydrogen-bond acceptors (Lipinski definition) is 4. The van der Waals surface area contributed by atoms with E-state index in [4.69, 9.17) is 30.2 Å². The smallest absolute Gasteiger partial charge is 0.261 e. The summed E-state index contributed by atoms with van der Waals surface area (Å²) in [4.78, 5) is 0. The van der Waals surface area contributed by atoms with Gasteiger partial charge in [-0.1, -0.05) is 174 Å². The van der Waals surface area contributed by atoms with Gasteiger partial charge in [-0.05, 0) is 74.6 Å². The van der Waals surface area contributed by atoms with Crippen molar-refractivity contribution in [1.82, 2.24) is 0 Å². The number of halogens is 1. The fourth-order valence-corrected chi connectivity index (χ4v) is 13.0. The predicted octanol–water partition coefficient (Wildman–Crippen LogP) is 11.2. The molecule has 55 heavy (non-hydrogen) atoms. The van der Waals surface area contributed by atoms with Crippen LogP contribution in [0.3, 0.4) is 0 Å². The first-order valence-corrected chi connectivity index (χ1v) is 22.1. The van der Waals surface area contributed by atoms with Crippen molar-refractivity contribution in [2.45, 2.75) is 103 Å². The van der Waals surface area contributed by atoms with Gasteiger partial charge in [0.05, 0.1) is 32.0 Å². The van der Waals surface area contributed by atoms with Crippen LogP contribution in [0.1, 0.15) is 81.4 Å². The first-order chi connectivity index (χ1) is 26.7. The summed E-state index contributed by atoms with van der Waals surface area (Å²) in [5.74, 6) is 0.104. The lowest BCUT2D eigenvalue weighted by molar-refractivity contribution is -0.235. The molecule has 1 fully saturated rings. The van der Waals surface area contributed by atoms with Gasteiger partial charge in [-0.25, -0.2) is 0 Å². The van der Waals surface area contributed by atoms with Crippen LogP contribution in [0, 0.1) is 5.92 Å². The summed E-state index contributed by atoms with van der Waals surface area (Å²) < 4.78 is 28.5. The van der Waals surface area contributed by atoms with Crippen LogP contribution in [0.15, 0.2) is 146 Å². The third-order valence-electron chi connectivity index (χ3n) is 11.1. The molecule has 288 valence electrons. The van der Waals surface area contributed by atoms with Crippen LogP contribution in [0.2, 0.25) is 10.1 Å². The highest BCUT2D eigenvalue weighted by Gasteiger charge is 2.50. The molecule has 5 aromatic rings. The van der Waals surface area contributed by atoms with Crippen molar-refractivity contribution in [2.75, 3.05) is 0 Å². The molecule has 0 amide bonds. The van der Waals surface area contributed by atoms with Gasteiger partial charge >= 0.3 is 0 Å². The topological polar surface area (TPSA) is 36.9 Å². The number of benzene rings is 5. The van der Waals surface area contributed by atoms with Crippen LogP contribution >= 0.6 is 11.6 Å². The Kier molecular flexibility index (Phi) is 14.0. The molecule has 1 aliphatic heterocycles. The summed E-state index contributed by atoms with van der Waals surface area (Å²) in [6, 6.07) is 46.6. The summed E-state index contributed by atoms with van der Waals surface area (Å²) in [6.07, 6.45) is 3.39. The second-order valence-corrected chi connectivity index (χ2v) is 20.5. The molecule has 1 aliphatic rings. The lowest BCUT2D eigenvalue weighted by atomic mass is 9.82. The highest BCUT2D eigenvalue weighted by atomic mass is 35.5. The Morgan fingerprint density at radius 2 is 1.22 bits per heavy atom. The van der Waals surface area contributed by atoms with Gasteiger partial charge in [0.2, 0.25) is 0 Å². The number of rotatable bonds is 16. The largest absolute Gasteiger partial charge is 0.403 e. The maximum absolute atomic E-state index is 7.44. The molecule has 0 bridgehead atoms. The lowest BCUT2D eigenvalue weighted by Crippen LogP contribution is -2.66. The Bertz CT molecular complexity index is 1890. The summed E-state index contributed by atoms with van der Waals surface area (Å²) >= 11 is 7.27. The maximum atomic E-state index is 7.44. The van der Waals surface area contributed by atoms with E-state index in [1.807, 2.05) is 18.2 Å². The number of hydrogen-bond donors (Lipinski definition) is 0. The second-order valence-electron chi connectivity index (χ2n) is 15.8. The van der Waals surface area contributed by atoms with Crippen molar-refractivity contribution in [3.8, 4) is 0 Å². The molecule has 1 heterocycles. The summed E-state index contributed by atoms with van der Waals surface area (Å²) in [7, 11) is -2.84. The highest BCUT2D eigenvalue weighted by molar-refractivity contribution is 6.99. The molecule has 5 atom stereocenters. The van der Waals surface area contributed by atoms with E-state index in [1.165, 1.54) is 10.4 Å². The van der Waals surface area contributed by atoms with Crippen molar-refractivity contribution in [3.05, 3.63) is 179 Å². The second kappa shape index (κ2) is 18.9. The summed E-state index contributed by atoms with van der Waals surface area (Å²) in [5.41, 5.74) is 5.38. The average Bonchev–Trinajstić information content (AvgIpc) is 3.20. The molecule has 1 saturated heterocycles. The van der Waals surface area contributed by atoms with Gasteiger partial charge in [0, 0.05) is 10.9 Å². The average molecular weight is 774 g/mol. The molecule has 1 unspecified atom stereocenters.